The van der Waals surface area contributed by atoms with Gasteiger partial charge in [-0.2, -0.15) is 0 Å². The molecule has 0 aromatic heterocycles. The van der Waals surface area contributed by atoms with Gasteiger partial charge in [-0.25, -0.2) is 4.39 Å². The van der Waals surface area contributed by atoms with Gasteiger partial charge < -0.3 is 10.5 Å². The van der Waals surface area contributed by atoms with Crippen molar-refractivity contribution in [3.63, 3.8) is 0 Å². The lowest BCUT2D eigenvalue weighted by atomic mass is 10.2. The Labute approximate surface area is 133 Å². The highest BCUT2D eigenvalue weighted by Gasteiger charge is 2.10. The summed E-state index contributed by atoms with van der Waals surface area (Å²) >= 11 is 7.64. The second kappa shape index (κ2) is 7.57. The fourth-order valence-electron chi connectivity index (χ4n) is 1.77. The highest BCUT2D eigenvalue weighted by molar-refractivity contribution is 7.98. The lowest BCUT2D eigenvalue weighted by Crippen LogP contribution is -2.00. The molecule has 0 aliphatic rings. The third-order valence-electron chi connectivity index (χ3n) is 2.87. The van der Waals surface area contributed by atoms with Crippen LogP contribution in [0.3, 0.4) is 0 Å². The molecule has 21 heavy (non-hydrogen) atoms. The van der Waals surface area contributed by atoms with Crippen molar-refractivity contribution in [2.24, 2.45) is 0 Å². The van der Waals surface area contributed by atoms with Crippen LogP contribution in [0.25, 0.3) is 0 Å². The summed E-state index contributed by atoms with van der Waals surface area (Å²) in [5.74, 6) is 0.485. The third-order valence-corrected chi connectivity index (χ3v) is 4.36. The molecule has 0 saturated heterocycles. The number of hydrogen-bond donors (Lipinski definition) is 1. The zero-order valence-electron chi connectivity index (χ0n) is 11.7. The maximum absolute atomic E-state index is 13.7. The van der Waals surface area contributed by atoms with E-state index in [1.807, 2.05) is 31.2 Å². The zero-order valence-corrected chi connectivity index (χ0v) is 13.3. The van der Waals surface area contributed by atoms with E-state index < -0.39 is 5.82 Å². The van der Waals surface area contributed by atoms with Crippen molar-refractivity contribution in [2.45, 2.75) is 24.0 Å². The van der Waals surface area contributed by atoms with Crippen molar-refractivity contribution in [2.75, 3.05) is 12.3 Å². The minimum atomic E-state index is -0.428. The number of halogens is 2. The normalized spacial score (nSPS) is 10.6. The molecule has 0 aliphatic heterocycles. The van der Waals surface area contributed by atoms with Gasteiger partial charge >= 0.3 is 0 Å². The first-order chi connectivity index (χ1) is 10.1. The molecule has 0 atom stereocenters. The minimum absolute atomic E-state index is 0.243. The molecule has 0 unspecified atom stereocenters. The van der Waals surface area contributed by atoms with E-state index >= 15 is 0 Å². The summed E-state index contributed by atoms with van der Waals surface area (Å²) in [6.45, 7) is 2.46. The molecular formula is C16H17ClFNOS. The molecule has 5 heteroatoms. The maximum atomic E-state index is 13.7. The van der Waals surface area contributed by atoms with Crippen LogP contribution in [0, 0.1) is 5.82 Å². The van der Waals surface area contributed by atoms with Crippen molar-refractivity contribution in [1.29, 1.82) is 0 Å². The molecular weight excluding hydrogens is 309 g/mol. The number of hydrogen-bond acceptors (Lipinski definition) is 3. The molecule has 2 aromatic rings. The van der Waals surface area contributed by atoms with Gasteiger partial charge in [0.25, 0.3) is 0 Å². The molecule has 2 nitrogen and oxygen atoms in total. The van der Waals surface area contributed by atoms with Crippen molar-refractivity contribution < 1.29 is 9.13 Å². The highest BCUT2D eigenvalue weighted by Crippen LogP contribution is 2.34. The van der Waals surface area contributed by atoms with E-state index in [0.717, 1.165) is 16.9 Å². The van der Waals surface area contributed by atoms with Crippen LogP contribution in [0.4, 0.5) is 10.1 Å². The van der Waals surface area contributed by atoms with Gasteiger partial charge in [-0.05, 0) is 24.1 Å². The van der Waals surface area contributed by atoms with Crippen molar-refractivity contribution in [3.05, 3.63) is 52.8 Å². The second-order valence-corrected chi connectivity index (χ2v) is 5.97. The fraction of sp³-hybridized carbons (Fsp3) is 0.250. The third kappa shape index (κ3) is 4.29. The van der Waals surface area contributed by atoms with E-state index in [0.29, 0.717) is 23.1 Å². The van der Waals surface area contributed by atoms with Gasteiger partial charge in [0.1, 0.15) is 0 Å². The number of anilines is 1. The van der Waals surface area contributed by atoms with Gasteiger partial charge in [-0.15, -0.1) is 11.8 Å². The second-order valence-electron chi connectivity index (χ2n) is 4.55. The van der Waals surface area contributed by atoms with Gasteiger partial charge in [0.05, 0.1) is 6.61 Å². The number of nitrogens with two attached hydrogens (primary N) is 1. The summed E-state index contributed by atoms with van der Waals surface area (Å²) in [4.78, 5) is 0.794. The molecule has 0 radical (unpaired) electrons. The molecule has 2 N–H and O–H groups in total. The molecule has 0 spiro atoms. The SMILES string of the molecule is CCCOc1cc(SCc2ccccc2Cl)c(N)cc1F. The van der Waals surface area contributed by atoms with E-state index in [2.05, 4.69) is 0 Å². The first kappa shape index (κ1) is 16.0. The lowest BCUT2D eigenvalue weighted by molar-refractivity contribution is 0.300. The van der Waals surface area contributed by atoms with Crippen LogP contribution in [0.1, 0.15) is 18.9 Å². The minimum Gasteiger partial charge on any atom is -0.490 e. The van der Waals surface area contributed by atoms with E-state index in [-0.39, 0.29) is 5.75 Å². The summed E-state index contributed by atoms with van der Waals surface area (Å²) in [6.07, 6.45) is 0.825. The average Bonchev–Trinajstić information content (AvgIpc) is 2.47. The molecule has 0 bridgehead atoms. The number of rotatable bonds is 6. The van der Waals surface area contributed by atoms with Crippen LogP contribution < -0.4 is 10.5 Å². The van der Waals surface area contributed by atoms with Crippen LogP contribution >= 0.6 is 23.4 Å². The highest BCUT2D eigenvalue weighted by atomic mass is 35.5. The molecule has 0 heterocycles. The molecule has 0 amide bonds. The Balaban J connectivity index is 2.14. The quantitative estimate of drug-likeness (QED) is 0.589. The number of nitrogen functional groups attached to an aromatic ring is 1. The van der Waals surface area contributed by atoms with Crippen LogP contribution in [-0.4, -0.2) is 6.61 Å². The van der Waals surface area contributed by atoms with Gasteiger partial charge in [0.15, 0.2) is 11.6 Å². The smallest absolute Gasteiger partial charge is 0.167 e. The van der Waals surface area contributed by atoms with Crippen LogP contribution in [0.2, 0.25) is 5.02 Å². The van der Waals surface area contributed by atoms with E-state index in [9.17, 15) is 4.39 Å². The van der Waals surface area contributed by atoms with Crippen LogP contribution in [0.15, 0.2) is 41.3 Å². The number of thioether (sulfide) groups is 1. The summed E-state index contributed by atoms with van der Waals surface area (Å²) in [5.41, 5.74) is 7.30. The molecule has 0 aliphatic carbocycles. The standard InChI is InChI=1S/C16H17ClFNOS/c1-2-7-20-15-9-16(14(19)8-13(15)18)21-10-11-5-3-4-6-12(11)17/h3-6,8-9H,2,7,10,19H2,1H3. The van der Waals surface area contributed by atoms with Gasteiger partial charge in [0.2, 0.25) is 0 Å². The molecule has 0 saturated carbocycles. The first-order valence-electron chi connectivity index (χ1n) is 6.69. The van der Waals surface area contributed by atoms with Gasteiger partial charge in [0, 0.05) is 27.4 Å². The van der Waals surface area contributed by atoms with Crippen LogP contribution in [0.5, 0.6) is 5.75 Å². The summed E-state index contributed by atoms with van der Waals surface area (Å²) in [7, 11) is 0. The van der Waals surface area contributed by atoms with Crippen molar-refractivity contribution >= 4 is 29.1 Å². The van der Waals surface area contributed by atoms with E-state index in [4.69, 9.17) is 22.1 Å². The van der Waals surface area contributed by atoms with E-state index in [1.54, 1.807) is 6.07 Å². The molecule has 112 valence electrons. The van der Waals surface area contributed by atoms with Crippen LogP contribution in [-0.2, 0) is 5.75 Å². The summed E-state index contributed by atoms with van der Waals surface area (Å²) in [5, 5.41) is 0.716. The van der Waals surface area contributed by atoms with Gasteiger partial charge in [-0.1, -0.05) is 36.7 Å². The predicted octanol–water partition coefficient (Wildman–Crippen LogP) is 5.14. The summed E-state index contributed by atoms with van der Waals surface area (Å²) in [6, 6.07) is 10.6. The largest absolute Gasteiger partial charge is 0.490 e. The number of benzene rings is 2. The Morgan fingerprint density at radius 3 is 2.76 bits per heavy atom. The van der Waals surface area contributed by atoms with Gasteiger partial charge in [-0.3, -0.25) is 0 Å². The maximum Gasteiger partial charge on any atom is 0.167 e. The lowest BCUT2D eigenvalue weighted by Gasteiger charge is -2.11. The fourth-order valence-corrected chi connectivity index (χ4v) is 3.03. The zero-order chi connectivity index (χ0) is 15.2. The predicted molar refractivity (Wildman–Crippen MR) is 87.6 cm³/mol. The van der Waals surface area contributed by atoms with Crippen molar-refractivity contribution in [1.82, 2.24) is 0 Å². The average molecular weight is 326 g/mol. The van der Waals surface area contributed by atoms with E-state index in [1.165, 1.54) is 17.8 Å². The molecule has 0 fully saturated rings. The topological polar surface area (TPSA) is 35.2 Å². The monoisotopic (exact) mass is 325 g/mol. The Morgan fingerprint density at radius 2 is 2.05 bits per heavy atom. The van der Waals surface area contributed by atoms with Crippen molar-refractivity contribution in [3.8, 4) is 5.75 Å². The Kier molecular flexibility index (Phi) is 5.76. The first-order valence-corrected chi connectivity index (χ1v) is 8.06. The molecule has 2 rings (SSSR count). The number of ether oxygens (including phenoxy) is 1. The Morgan fingerprint density at radius 1 is 1.29 bits per heavy atom. The Hall–Kier alpha value is -1.39. The summed E-state index contributed by atoms with van der Waals surface area (Å²) < 4.78 is 19.1. The Bertz CT molecular complexity index is 621. The molecule has 2 aromatic carbocycles.